The Morgan fingerprint density at radius 2 is 2.09 bits per heavy atom. The molecule has 0 bridgehead atoms. The number of carboxylic acids is 1. The molecule has 0 aromatic heterocycles. The first-order chi connectivity index (χ1) is 10.2. The van der Waals surface area contributed by atoms with Crippen LogP contribution in [-0.4, -0.2) is 28.0 Å². The van der Waals surface area contributed by atoms with E-state index >= 15 is 0 Å². The third-order valence-corrected chi connectivity index (χ3v) is 4.20. The Morgan fingerprint density at radius 3 is 2.59 bits per heavy atom. The van der Waals surface area contributed by atoms with Crippen molar-refractivity contribution in [2.24, 2.45) is 5.92 Å². The lowest BCUT2D eigenvalue weighted by molar-refractivity contribution is -0.142. The van der Waals surface area contributed by atoms with Crippen LogP contribution >= 0.6 is 11.6 Å². The standard InChI is InChI=1S/C16H15ClF2O3/c1-8(20)11-7-12(17)16(2,19)14(15(21)22)13(11)9-4-3-5-10(18)6-9/h3-8,14,20H,1-2H3,(H,21,22). The van der Waals surface area contributed by atoms with Crippen molar-refractivity contribution in [1.29, 1.82) is 0 Å². The Hall–Kier alpha value is -1.72. The van der Waals surface area contributed by atoms with Crippen molar-refractivity contribution in [2.75, 3.05) is 0 Å². The average Bonchev–Trinajstić information content (AvgIpc) is 2.40. The minimum atomic E-state index is -2.35. The van der Waals surface area contributed by atoms with E-state index in [0.29, 0.717) is 0 Å². The normalized spacial score (nSPS) is 26.6. The van der Waals surface area contributed by atoms with Gasteiger partial charge in [0.15, 0.2) is 5.67 Å². The number of halogens is 3. The largest absolute Gasteiger partial charge is 0.481 e. The van der Waals surface area contributed by atoms with Gasteiger partial charge >= 0.3 is 5.97 Å². The fourth-order valence-electron chi connectivity index (χ4n) is 2.62. The van der Waals surface area contributed by atoms with Gasteiger partial charge in [-0.25, -0.2) is 8.78 Å². The number of aliphatic hydroxyl groups excluding tert-OH is 1. The molecule has 0 heterocycles. The first-order valence-corrected chi connectivity index (χ1v) is 7.01. The molecule has 2 N–H and O–H groups in total. The molecular weight excluding hydrogens is 314 g/mol. The summed E-state index contributed by atoms with van der Waals surface area (Å²) in [5.41, 5.74) is -1.96. The van der Waals surface area contributed by atoms with Crippen LogP contribution in [0.2, 0.25) is 0 Å². The number of carboxylic acid groups (broad SMARTS) is 1. The van der Waals surface area contributed by atoms with Gasteiger partial charge in [0, 0.05) is 0 Å². The Bertz CT molecular complexity index is 678. The molecule has 0 spiro atoms. The summed E-state index contributed by atoms with van der Waals surface area (Å²) in [6.07, 6.45) is 0.135. The molecule has 1 aromatic carbocycles. The summed E-state index contributed by atoms with van der Waals surface area (Å²) in [5, 5.41) is 19.0. The van der Waals surface area contributed by atoms with E-state index in [1.165, 1.54) is 31.2 Å². The zero-order valence-corrected chi connectivity index (χ0v) is 12.7. The van der Waals surface area contributed by atoms with Crippen LogP contribution in [0.25, 0.3) is 5.57 Å². The zero-order valence-electron chi connectivity index (χ0n) is 12.0. The van der Waals surface area contributed by atoms with E-state index < -0.39 is 29.5 Å². The summed E-state index contributed by atoms with van der Waals surface area (Å²) < 4.78 is 28.3. The van der Waals surface area contributed by atoms with Crippen LogP contribution in [0.1, 0.15) is 19.4 Å². The van der Waals surface area contributed by atoms with Gasteiger partial charge in [-0.3, -0.25) is 4.79 Å². The van der Waals surface area contributed by atoms with Crippen LogP contribution in [0.3, 0.4) is 0 Å². The van der Waals surface area contributed by atoms with Gasteiger partial charge in [0.05, 0.1) is 11.1 Å². The highest BCUT2D eigenvalue weighted by Gasteiger charge is 2.48. The summed E-state index contributed by atoms with van der Waals surface area (Å²) in [5.74, 6) is -3.66. The van der Waals surface area contributed by atoms with Gasteiger partial charge in [0.25, 0.3) is 0 Å². The Kier molecular flexibility index (Phi) is 4.40. The zero-order chi connectivity index (χ0) is 16.7. The molecular formula is C16H15ClF2O3. The van der Waals surface area contributed by atoms with Gasteiger partial charge < -0.3 is 10.2 Å². The summed E-state index contributed by atoms with van der Waals surface area (Å²) >= 11 is 5.87. The number of benzene rings is 1. The first-order valence-electron chi connectivity index (χ1n) is 6.63. The number of rotatable bonds is 3. The van der Waals surface area contributed by atoms with E-state index in [1.807, 2.05) is 0 Å². The molecule has 3 nitrogen and oxygen atoms in total. The molecule has 0 aliphatic heterocycles. The molecule has 3 unspecified atom stereocenters. The van der Waals surface area contributed by atoms with Crippen LogP contribution in [0.15, 0.2) is 40.9 Å². The van der Waals surface area contributed by atoms with Crippen molar-refractivity contribution in [2.45, 2.75) is 25.6 Å². The second-order valence-electron chi connectivity index (χ2n) is 5.39. The van der Waals surface area contributed by atoms with E-state index in [4.69, 9.17) is 11.6 Å². The maximum atomic E-state index is 14.9. The van der Waals surface area contributed by atoms with Gasteiger partial charge in [-0.2, -0.15) is 0 Å². The Labute approximate surface area is 131 Å². The van der Waals surface area contributed by atoms with E-state index in [0.717, 1.165) is 13.0 Å². The van der Waals surface area contributed by atoms with Gasteiger partial charge in [-0.05, 0) is 48.8 Å². The smallest absolute Gasteiger partial charge is 0.314 e. The maximum absolute atomic E-state index is 14.9. The number of aliphatic carboxylic acids is 1. The van der Waals surface area contributed by atoms with Gasteiger partial charge in [0.1, 0.15) is 11.7 Å². The maximum Gasteiger partial charge on any atom is 0.314 e. The highest BCUT2D eigenvalue weighted by atomic mass is 35.5. The Morgan fingerprint density at radius 1 is 1.45 bits per heavy atom. The minimum Gasteiger partial charge on any atom is -0.481 e. The molecule has 0 radical (unpaired) electrons. The molecule has 0 saturated heterocycles. The molecule has 1 aliphatic rings. The molecule has 1 aromatic rings. The third kappa shape index (κ3) is 2.78. The number of carbonyl (C=O) groups is 1. The highest BCUT2D eigenvalue weighted by molar-refractivity contribution is 6.31. The van der Waals surface area contributed by atoms with E-state index in [1.54, 1.807) is 0 Å². The third-order valence-electron chi connectivity index (χ3n) is 3.72. The molecule has 3 atom stereocenters. The van der Waals surface area contributed by atoms with Crippen molar-refractivity contribution in [3.05, 3.63) is 52.3 Å². The molecule has 0 amide bonds. The van der Waals surface area contributed by atoms with E-state index in [-0.39, 0.29) is 21.7 Å². The lowest BCUT2D eigenvalue weighted by atomic mass is 9.74. The predicted octanol–water partition coefficient (Wildman–Crippen LogP) is 3.53. The lowest BCUT2D eigenvalue weighted by Gasteiger charge is -2.35. The second-order valence-corrected chi connectivity index (χ2v) is 5.80. The number of allylic oxidation sites excluding steroid dienone is 1. The number of alkyl halides is 1. The topological polar surface area (TPSA) is 57.5 Å². The molecule has 1 aliphatic carbocycles. The quantitative estimate of drug-likeness (QED) is 0.892. The highest BCUT2D eigenvalue weighted by Crippen LogP contribution is 2.47. The van der Waals surface area contributed by atoms with Crippen molar-refractivity contribution in [1.82, 2.24) is 0 Å². The molecule has 0 fully saturated rings. The fourth-order valence-corrected chi connectivity index (χ4v) is 2.85. The minimum absolute atomic E-state index is 0.0244. The van der Waals surface area contributed by atoms with Crippen molar-refractivity contribution in [3.8, 4) is 0 Å². The summed E-state index contributed by atoms with van der Waals surface area (Å²) in [6, 6.07) is 5.17. The summed E-state index contributed by atoms with van der Waals surface area (Å²) in [6.45, 7) is 2.47. The molecule has 22 heavy (non-hydrogen) atoms. The SMILES string of the molecule is CC(O)C1=C(c2cccc(F)c2)C(C(=O)O)C(C)(F)C(Cl)=C1. The first kappa shape index (κ1) is 16.6. The van der Waals surface area contributed by atoms with E-state index in [2.05, 4.69) is 0 Å². The number of hydrogen-bond acceptors (Lipinski definition) is 2. The molecule has 6 heteroatoms. The lowest BCUT2D eigenvalue weighted by Crippen LogP contribution is -2.40. The van der Waals surface area contributed by atoms with Gasteiger partial charge in [0.2, 0.25) is 0 Å². The Balaban J connectivity index is 2.79. The summed E-state index contributed by atoms with van der Waals surface area (Å²) in [4.78, 5) is 11.6. The van der Waals surface area contributed by atoms with Gasteiger partial charge in [-0.1, -0.05) is 23.7 Å². The van der Waals surface area contributed by atoms with Crippen LogP contribution < -0.4 is 0 Å². The number of aliphatic hydroxyl groups is 1. The molecule has 118 valence electrons. The van der Waals surface area contributed by atoms with Crippen LogP contribution in [-0.2, 0) is 4.79 Å². The molecule has 2 rings (SSSR count). The molecule has 0 saturated carbocycles. The predicted molar refractivity (Wildman–Crippen MR) is 79.6 cm³/mol. The van der Waals surface area contributed by atoms with Crippen molar-refractivity contribution in [3.63, 3.8) is 0 Å². The second kappa shape index (κ2) is 5.82. The van der Waals surface area contributed by atoms with Crippen molar-refractivity contribution < 1.29 is 23.8 Å². The fraction of sp³-hybridized carbons (Fsp3) is 0.312. The van der Waals surface area contributed by atoms with E-state index in [9.17, 15) is 23.8 Å². The summed E-state index contributed by atoms with van der Waals surface area (Å²) in [7, 11) is 0. The van der Waals surface area contributed by atoms with Crippen LogP contribution in [0, 0.1) is 11.7 Å². The van der Waals surface area contributed by atoms with Gasteiger partial charge in [-0.15, -0.1) is 0 Å². The van der Waals surface area contributed by atoms with Crippen LogP contribution in [0.4, 0.5) is 8.78 Å². The number of hydrogen-bond donors (Lipinski definition) is 2. The van der Waals surface area contributed by atoms with Crippen LogP contribution in [0.5, 0.6) is 0 Å². The van der Waals surface area contributed by atoms with Crippen molar-refractivity contribution >= 4 is 23.1 Å². The monoisotopic (exact) mass is 328 g/mol. The average molecular weight is 329 g/mol.